The Hall–Kier alpha value is -1.89. The van der Waals surface area contributed by atoms with E-state index >= 15 is 0 Å². The third-order valence-electron chi connectivity index (χ3n) is 5.80. The first-order valence-corrected chi connectivity index (χ1v) is 9.82. The highest BCUT2D eigenvalue weighted by Gasteiger charge is 2.40. The fraction of sp³-hybridized carbons (Fsp3) is 0.737. The van der Waals surface area contributed by atoms with E-state index in [-0.39, 0.29) is 17.9 Å². The number of rotatable bonds is 6. The summed E-state index contributed by atoms with van der Waals surface area (Å²) in [5, 5.41) is 7.50. The predicted octanol–water partition coefficient (Wildman–Crippen LogP) is 1.27. The largest absolute Gasteiger partial charge is 0.338 e. The van der Waals surface area contributed by atoms with Crippen molar-refractivity contribution in [2.24, 2.45) is 5.92 Å². The second kappa shape index (κ2) is 8.20. The minimum Gasteiger partial charge on any atom is -0.338 e. The fourth-order valence-corrected chi connectivity index (χ4v) is 4.32. The average Bonchev–Trinajstić information content (AvgIpc) is 3.01. The minimum absolute atomic E-state index is 0.0852. The minimum atomic E-state index is 0.0852. The lowest BCUT2D eigenvalue weighted by atomic mass is 9.83. The van der Waals surface area contributed by atoms with Gasteiger partial charge in [0.1, 0.15) is 0 Å². The maximum atomic E-state index is 13.0. The van der Waals surface area contributed by atoms with Crippen LogP contribution >= 0.6 is 0 Å². The number of carbonyl (C=O) groups excluding carboxylic acids is 2. The predicted molar refractivity (Wildman–Crippen MR) is 99.9 cm³/mol. The molecule has 0 unspecified atom stereocenters. The molecule has 7 heteroatoms. The van der Waals surface area contributed by atoms with E-state index in [2.05, 4.69) is 17.3 Å². The summed E-state index contributed by atoms with van der Waals surface area (Å²) in [7, 11) is 1.91. The number of piperidine rings is 2. The molecule has 26 heavy (non-hydrogen) atoms. The maximum Gasteiger partial charge on any atom is 0.257 e. The Kier molecular flexibility index (Phi) is 5.96. The van der Waals surface area contributed by atoms with Crippen molar-refractivity contribution >= 4 is 11.8 Å². The lowest BCUT2D eigenvalue weighted by Crippen LogP contribution is -2.57. The number of aryl methyl sites for hydroxylation is 1. The summed E-state index contributed by atoms with van der Waals surface area (Å²) in [6.07, 6.45) is 5.06. The van der Waals surface area contributed by atoms with Gasteiger partial charge in [-0.1, -0.05) is 6.92 Å². The Bertz CT molecular complexity index is 656. The second-order valence-corrected chi connectivity index (χ2v) is 7.46. The molecule has 1 aromatic rings. The van der Waals surface area contributed by atoms with Crippen LogP contribution in [-0.2, 0) is 11.3 Å². The third kappa shape index (κ3) is 3.63. The number of nitrogens with zero attached hydrogens (tertiary/aromatic N) is 4. The van der Waals surface area contributed by atoms with Crippen LogP contribution in [-0.4, -0.2) is 70.7 Å². The molecule has 3 heterocycles. The zero-order valence-corrected chi connectivity index (χ0v) is 16.2. The summed E-state index contributed by atoms with van der Waals surface area (Å²) < 4.78 is 1.92. The number of carbonyl (C=O) groups is 2. The first kappa shape index (κ1) is 18.9. The SMILES string of the molecule is CCCn1ncc(C(=O)N2CC[C@@H]3[C@@H](CCC(=O)N3CCNC)C2)c1C. The molecule has 1 aromatic heterocycles. The monoisotopic (exact) mass is 361 g/mol. The number of likely N-dealkylation sites (N-methyl/N-ethyl adjacent to an activating group) is 1. The van der Waals surface area contributed by atoms with Crippen LogP contribution < -0.4 is 5.32 Å². The van der Waals surface area contributed by atoms with Gasteiger partial charge in [-0.15, -0.1) is 0 Å². The summed E-state index contributed by atoms with van der Waals surface area (Å²) in [6.45, 7) is 7.94. The van der Waals surface area contributed by atoms with Crippen molar-refractivity contribution in [1.29, 1.82) is 0 Å². The van der Waals surface area contributed by atoms with Gasteiger partial charge in [0, 0.05) is 50.9 Å². The average molecular weight is 361 g/mol. The van der Waals surface area contributed by atoms with Crippen molar-refractivity contribution in [3.05, 3.63) is 17.5 Å². The van der Waals surface area contributed by atoms with Crippen LogP contribution in [0.15, 0.2) is 6.20 Å². The highest BCUT2D eigenvalue weighted by molar-refractivity contribution is 5.95. The van der Waals surface area contributed by atoms with Crippen LogP contribution in [0.2, 0.25) is 0 Å². The molecule has 0 saturated carbocycles. The lowest BCUT2D eigenvalue weighted by Gasteiger charge is -2.47. The number of hydrogen-bond acceptors (Lipinski definition) is 4. The number of aromatic nitrogens is 2. The summed E-state index contributed by atoms with van der Waals surface area (Å²) >= 11 is 0. The molecule has 0 aromatic carbocycles. The van der Waals surface area contributed by atoms with E-state index in [4.69, 9.17) is 0 Å². The third-order valence-corrected chi connectivity index (χ3v) is 5.80. The summed E-state index contributed by atoms with van der Waals surface area (Å²) in [5.41, 5.74) is 1.67. The van der Waals surface area contributed by atoms with Crippen LogP contribution in [0.4, 0.5) is 0 Å². The highest BCUT2D eigenvalue weighted by Crippen LogP contribution is 2.31. The summed E-state index contributed by atoms with van der Waals surface area (Å²) in [5.74, 6) is 0.730. The van der Waals surface area contributed by atoms with E-state index in [9.17, 15) is 9.59 Å². The highest BCUT2D eigenvalue weighted by atomic mass is 16.2. The Labute approximate surface area is 155 Å². The molecule has 7 nitrogen and oxygen atoms in total. The van der Waals surface area contributed by atoms with Gasteiger partial charge in [-0.3, -0.25) is 14.3 Å². The van der Waals surface area contributed by atoms with Gasteiger partial charge in [-0.25, -0.2) is 0 Å². The molecule has 1 N–H and O–H groups in total. The van der Waals surface area contributed by atoms with Gasteiger partial charge in [0.25, 0.3) is 5.91 Å². The van der Waals surface area contributed by atoms with Crippen LogP contribution in [0, 0.1) is 12.8 Å². The Morgan fingerprint density at radius 3 is 2.88 bits per heavy atom. The lowest BCUT2D eigenvalue weighted by molar-refractivity contribution is -0.140. The first-order chi connectivity index (χ1) is 12.6. The second-order valence-electron chi connectivity index (χ2n) is 7.46. The Morgan fingerprint density at radius 2 is 2.15 bits per heavy atom. The zero-order valence-electron chi connectivity index (χ0n) is 16.2. The molecule has 144 valence electrons. The van der Waals surface area contributed by atoms with Gasteiger partial charge >= 0.3 is 0 Å². The van der Waals surface area contributed by atoms with Crippen LogP contribution in [0.1, 0.15) is 48.7 Å². The van der Waals surface area contributed by atoms with E-state index in [1.54, 1.807) is 6.20 Å². The standard InChI is InChI=1S/C19H31N5O2/c1-4-9-24-14(2)16(12-21-24)19(26)22-10-7-17-15(13-22)5-6-18(25)23(17)11-8-20-3/h12,15,17,20H,4-11,13H2,1-3H3/t15-,17+/m0/s1. The molecule has 2 aliphatic rings. The zero-order chi connectivity index (χ0) is 18.7. The molecule has 0 bridgehead atoms. The number of amides is 2. The normalized spacial score (nSPS) is 23.3. The van der Waals surface area contributed by atoms with Gasteiger partial charge in [0.05, 0.1) is 11.8 Å². The van der Waals surface area contributed by atoms with Crippen molar-refractivity contribution in [3.8, 4) is 0 Å². The number of fused-ring (bicyclic) bond motifs is 1. The maximum absolute atomic E-state index is 13.0. The van der Waals surface area contributed by atoms with Crippen LogP contribution in [0.25, 0.3) is 0 Å². The summed E-state index contributed by atoms with van der Waals surface area (Å²) in [6, 6.07) is 0.276. The van der Waals surface area contributed by atoms with Crippen molar-refractivity contribution in [3.63, 3.8) is 0 Å². The number of hydrogen-bond donors (Lipinski definition) is 1. The van der Waals surface area contributed by atoms with Gasteiger partial charge in [0.15, 0.2) is 0 Å². The summed E-state index contributed by atoms with van der Waals surface area (Å²) in [4.78, 5) is 29.3. The fourth-order valence-electron chi connectivity index (χ4n) is 4.32. The quantitative estimate of drug-likeness (QED) is 0.828. The number of likely N-dealkylation sites (tertiary alicyclic amines) is 2. The van der Waals surface area contributed by atoms with Gasteiger partial charge < -0.3 is 15.1 Å². The van der Waals surface area contributed by atoms with E-state index in [0.29, 0.717) is 18.9 Å². The van der Waals surface area contributed by atoms with Gasteiger partial charge in [-0.2, -0.15) is 5.10 Å². The molecule has 2 atom stereocenters. The first-order valence-electron chi connectivity index (χ1n) is 9.82. The molecule has 2 amide bonds. The molecule has 2 saturated heterocycles. The number of nitrogens with one attached hydrogen (secondary N) is 1. The Morgan fingerprint density at radius 1 is 1.35 bits per heavy atom. The molecule has 0 spiro atoms. The van der Waals surface area contributed by atoms with Gasteiger partial charge in [-0.05, 0) is 39.2 Å². The topological polar surface area (TPSA) is 70.5 Å². The molecular weight excluding hydrogens is 330 g/mol. The van der Waals surface area contributed by atoms with Crippen LogP contribution in [0.3, 0.4) is 0 Å². The molecule has 0 radical (unpaired) electrons. The van der Waals surface area contributed by atoms with Crippen molar-refractivity contribution in [2.45, 2.75) is 52.1 Å². The van der Waals surface area contributed by atoms with E-state index in [0.717, 1.165) is 56.7 Å². The van der Waals surface area contributed by atoms with Crippen molar-refractivity contribution in [2.75, 3.05) is 33.2 Å². The smallest absolute Gasteiger partial charge is 0.257 e. The molecule has 2 aliphatic heterocycles. The van der Waals surface area contributed by atoms with Crippen molar-refractivity contribution < 1.29 is 9.59 Å². The van der Waals surface area contributed by atoms with Gasteiger partial charge in [0.2, 0.25) is 5.91 Å². The van der Waals surface area contributed by atoms with Crippen LogP contribution in [0.5, 0.6) is 0 Å². The van der Waals surface area contributed by atoms with E-state index in [1.165, 1.54) is 0 Å². The molecular formula is C19H31N5O2. The van der Waals surface area contributed by atoms with E-state index < -0.39 is 0 Å². The van der Waals surface area contributed by atoms with E-state index in [1.807, 2.05) is 28.5 Å². The molecule has 0 aliphatic carbocycles. The van der Waals surface area contributed by atoms with Crippen molar-refractivity contribution in [1.82, 2.24) is 24.9 Å². The molecule has 3 rings (SSSR count). The molecule has 2 fully saturated rings. The Balaban J connectivity index is 1.68.